The maximum absolute atomic E-state index is 10.5. The first-order valence-corrected chi connectivity index (χ1v) is 2.81. The van der Waals surface area contributed by atoms with Crippen molar-refractivity contribution in [3.05, 3.63) is 0 Å². The molecule has 54 valence electrons. The van der Waals surface area contributed by atoms with Crippen LogP contribution >= 0.6 is 0 Å². The topological polar surface area (TPSA) is 89.3 Å². The Kier molecular flexibility index (Phi) is 4.21. The molecule has 0 aromatic carbocycles. The van der Waals surface area contributed by atoms with E-state index in [2.05, 4.69) is 0 Å². The molecule has 0 aromatic heterocycles. The smallest absolute Gasteiger partial charge is 0.163 e. The number of carbonyl (C=O) groups is 1. The molecule has 0 bridgehead atoms. The molecular formula is C5H12N2O2. The highest BCUT2D eigenvalue weighted by molar-refractivity contribution is 5.85. The van der Waals surface area contributed by atoms with E-state index in [0.717, 1.165) is 0 Å². The molecule has 0 radical (unpaired) electrons. The highest BCUT2D eigenvalue weighted by atomic mass is 16.3. The Balaban J connectivity index is 3.45. The van der Waals surface area contributed by atoms with Crippen molar-refractivity contribution in [2.24, 2.45) is 11.5 Å². The number of nitrogens with two attached hydrogens (primary N) is 2. The number of hydrogen-bond donors (Lipinski definition) is 3. The zero-order valence-electron chi connectivity index (χ0n) is 5.21. The van der Waals surface area contributed by atoms with Crippen LogP contribution in [0, 0.1) is 0 Å². The van der Waals surface area contributed by atoms with Crippen molar-refractivity contribution < 1.29 is 9.90 Å². The molecule has 4 heteroatoms. The maximum atomic E-state index is 10.5. The van der Waals surface area contributed by atoms with Gasteiger partial charge in [-0.1, -0.05) is 0 Å². The van der Waals surface area contributed by atoms with Crippen molar-refractivity contribution in [3.63, 3.8) is 0 Å². The monoisotopic (exact) mass is 132 g/mol. The fourth-order valence-corrected chi connectivity index (χ4v) is 0.451. The summed E-state index contributed by atoms with van der Waals surface area (Å²) in [6.07, 6.45) is 0.302. The normalized spacial score (nSPS) is 13.2. The van der Waals surface area contributed by atoms with Gasteiger partial charge >= 0.3 is 0 Å². The molecule has 0 heterocycles. The molecule has 0 fully saturated rings. The molecule has 0 saturated carbocycles. The Morgan fingerprint density at radius 3 is 2.56 bits per heavy atom. The molecule has 0 amide bonds. The molecule has 0 aromatic rings. The number of ketones is 1. The molecule has 0 saturated heterocycles. The van der Waals surface area contributed by atoms with E-state index in [1.165, 1.54) is 0 Å². The van der Waals surface area contributed by atoms with E-state index in [9.17, 15) is 4.79 Å². The third kappa shape index (κ3) is 3.18. The van der Waals surface area contributed by atoms with E-state index in [-0.39, 0.29) is 18.9 Å². The van der Waals surface area contributed by atoms with Crippen LogP contribution in [0.4, 0.5) is 0 Å². The van der Waals surface area contributed by atoms with Crippen molar-refractivity contribution in [3.8, 4) is 0 Å². The molecular weight excluding hydrogens is 120 g/mol. The molecule has 1 unspecified atom stereocenters. The van der Waals surface area contributed by atoms with Gasteiger partial charge in [0.25, 0.3) is 0 Å². The molecule has 0 spiro atoms. The zero-order valence-corrected chi connectivity index (χ0v) is 5.21. The van der Waals surface area contributed by atoms with Crippen LogP contribution in [0.3, 0.4) is 0 Å². The van der Waals surface area contributed by atoms with E-state index < -0.39 is 6.04 Å². The Labute approximate surface area is 53.8 Å². The maximum Gasteiger partial charge on any atom is 0.163 e. The third-order valence-electron chi connectivity index (χ3n) is 1.05. The van der Waals surface area contributed by atoms with Gasteiger partial charge in [-0.3, -0.25) is 4.79 Å². The van der Waals surface area contributed by atoms with Crippen LogP contribution in [0.5, 0.6) is 0 Å². The summed E-state index contributed by atoms with van der Waals surface area (Å²) in [6.45, 7) is -0.103. The van der Waals surface area contributed by atoms with Crippen LogP contribution in [0.1, 0.15) is 6.42 Å². The van der Waals surface area contributed by atoms with Gasteiger partial charge in [-0.2, -0.15) is 0 Å². The van der Waals surface area contributed by atoms with Crippen molar-refractivity contribution in [1.29, 1.82) is 0 Å². The van der Waals surface area contributed by atoms with Gasteiger partial charge in [0.05, 0.1) is 12.6 Å². The summed E-state index contributed by atoms with van der Waals surface area (Å²) in [4.78, 5) is 10.5. The number of carbonyl (C=O) groups excluding carboxylic acids is 1. The number of rotatable bonds is 4. The summed E-state index contributed by atoms with van der Waals surface area (Å²) < 4.78 is 0. The van der Waals surface area contributed by atoms with Gasteiger partial charge in [-0.25, -0.2) is 0 Å². The molecule has 5 N–H and O–H groups in total. The van der Waals surface area contributed by atoms with E-state index in [4.69, 9.17) is 16.6 Å². The number of aliphatic hydroxyl groups is 1. The van der Waals surface area contributed by atoms with Gasteiger partial charge in [0, 0.05) is 6.61 Å². The van der Waals surface area contributed by atoms with Crippen LogP contribution in [-0.2, 0) is 4.79 Å². The molecule has 9 heavy (non-hydrogen) atoms. The SMILES string of the molecule is NCC(=O)C(N)CCO. The quantitative estimate of drug-likeness (QED) is 0.422. The molecule has 0 aliphatic heterocycles. The lowest BCUT2D eigenvalue weighted by atomic mass is 10.1. The van der Waals surface area contributed by atoms with Crippen molar-refractivity contribution in [2.45, 2.75) is 12.5 Å². The molecule has 0 aliphatic carbocycles. The van der Waals surface area contributed by atoms with Crippen molar-refractivity contribution in [1.82, 2.24) is 0 Å². The fraction of sp³-hybridized carbons (Fsp3) is 0.800. The molecule has 0 aliphatic rings. The second-order valence-corrected chi connectivity index (χ2v) is 1.79. The van der Waals surface area contributed by atoms with Gasteiger partial charge in [0.2, 0.25) is 0 Å². The highest BCUT2D eigenvalue weighted by Gasteiger charge is 2.08. The predicted molar refractivity (Wildman–Crippen MR) is 33.7 cm³/mol. The number of Topliss-reactive ketones (excluding diaryl/α,β-unsaturated/α-hetero) is 1. The molecule has 4 nitrogen and oxygen atoms in total. The average molecular weight is 132 g/mol. The second kappa shape index (κ2) is 4.43. The largest absolute Gasteiger partial charge is 0.396 e. The first-order valence-electron chi connectivity index (χ1n) is 2.81. The van der Waals surface area contributed by atoms with Crippen LogP contribution in [0.2, 0.25) is 0 Å². The minimum atomic E-state index is -0.583. The minimum absolute atomic E-state index is 0.0405. The van der Waals surface area contributed by atoms with Crippen LogP contribution < -0.4 is 11.5 Å². The van der Waals surface area contributed by atoms with Gasteiger partial charge in [-0.15, -0.1) is 0 Å². The van der Waals surface area contributed by atoms with Crippen LogP contribution in [0.15, 0.2) is 0 Å². The molecule has 1 atom stereocenters. The van der Waals surface area contributed by atoms with E-state index in [1.807, 2.05) is 0 Å². The summed E-state index contributed by atoms with van der Waals surface area (Å²) >= 11 is 0. The summed E-state index contributed by atoms with van der Waals surface area (Å²) in [5, 5.41) is 8.31. The molecule has 0 rings (SSSR count). The Hall–Kier alpha value is -0.450. The minimum Gasteiger partial charge on any atom is -0.396 e. The van der Waals surface area contributed by atoms with Crippen LogP contribution in [0.25, 0.3) is 0 Å². The first-order chi connectivity index (χ1) is 4.22. The first kappa shape index (κ1) is 8.55. The lowest BCUT2D eigenvalue weighted by Gasteiger charge is -2.04. The van der Waals surface area contributed by atoms with Gasteiger partial charge in [0.15, 0.2) is 5.78 Å². The Morgan fingerprint density at radius 2 is 2.22 bits per heavy atom. The fourth-order valence-electron chi connectivity index (χ4n) is 0.451. The van der Waals surface area contributed by atoms with Gasteiger partial charge in [-0.05, 0) is 6.42 Å². The Morgan fingerprint density at radius 1 is 1.67 bits per heavy atom. The highest BCUT2D eigenvalue weighted by Crippen LogP contribution is 1.85. The summed E-state index contributed by atoms with van der Waals surface area (Å²) in [7, 11) is 0. The third-order valence-corrected chi connectivity index (χ3v) is 1.05. The van der Waals surface area contributed by atoms with Crippen molar-refractivity contribution in [2.75, 3.05) is 13.2 Å². The van der Waals surface area contributed by atoms with E-state index >= 15 is 0 Å². The average Bonchev–Trinajstić information content (AvgIpc) is 1.87. The number of aliphatic hydroxyl groups excluding tert-OH is 1. The van der Waals surface area contributed by atoms with Crippen molar-refractivity contribution >= 4 is 5.78 Å². The van der Waals surface area contributed by atoms with E-state index in [0.29, 0.717) is 6.42 Å². The van der Waals surface area contributed by atoms with E-state index in [1.54, 1.807) is 0 Å². The lowest BCUT2D eigenvalue weighted by molar-refractivity contribution is -0.119. The second-order valence-electron chi connectivity index (χ2n) is 1.79. The summed E-state index contributed by atoms with van der Waals surface area (Å²) in [5.74, 6) is -0.205. The van der Waals surface area contributed by atoms with Gasteiger partial charge in [0.1, 0.15) is 0 Å². The van der Waals surface area contributed by atoms with Crippen LogP contribution in [-0.4, -0.2) is 30.1 Å². The lowest BCUT2D eigenvalue weighted by Crippen LogP contribution is -2.36. The van der Waals surface area contributed by atoms with Gasteiger partial charge < -0.3 is 16.6 Å². The summed E-state index contributed by atoms with van der Waals surface area (Å²) in [5.41, 5.74) is 10.2. The Bertz CT molecular complexity index is 95.0. The zero-order chi connectivity index (χ0) is 7.28. The predicted octanol–water partition coefficient (Wildman–Crippen LogP) is -1.78. The summed E-state index contributed by atoms with van der Waals surface area (Å²) in [6, 6.07) is -0.583. The number of hydrogen-bond acceptors (Lipinski definition) is 4. The standard InChI is InChI=1S/C5H12N2O2/c6-3-5(9)4(7)1-2-8/h4,8H,1-3,6-7H2.